The number of anilines is 1. The van der Waals surface area contributed by atoms with E-state index in [1.807, 2.05) is 25.2 Å². The molecule has 0 radical (unpaired) electrons. The summed E-state index contributed by atoms with van der Waals surface area (Å²) in [5.41, 5.74) is 2.15. The maximum Gasteiger partial charge on any atom is 0.319 e. The third-order valence-corrected chi connectivity index (χ3v) is 8.77. The van der Waals surface area contributed by atoms with Crippen molar-refractivity contribution in [3.8, 4) is 17.1 Å². The molecule has 1 N–H and O–H groups in total. The fourth-order valence-corrected chi connectivity index (χ4v) is 6.75. The molecule has 3 saturated heterocycles. The lowest BCUT2D eigenvalue weighted by molar-refractivity contribution is 0.188. The molecular formula is C28H31ClFN7O. The van der Waals surface area contributed by atoms with Gasteiger partial charge in [0, 0.05) is 54.8 Å². The molecule has 3 fully saturated rings. The van der Waals surface area contributed by atoms with Crippen LogP contribution in [0.4, 0.5) is 10.2 Å². The number of para-hydroxylation sites is 1. The largest absolute Gasteiger partial charge is 0.462 e. The van der Waals surface area contributed by atoms with Gasteiger partial charge in [0.15, 0.2) is 5.82 Å². The topological polar surface area (TPSA) is 71.3 Å². The third kappa shape index (κ3) is 3.99. The highest BCUT2D eigenvalue weighted by atomic mass is 35.5. The van der Waals surface area contributed by atoms with E-state index >= 15 is 4.39 Å². The number of fused-ring (bicyclic) bond motifs is 4. The third-order valence-electron chi connectivity index (χ3n) is 8.47. The molecule has 5 heterocycles. The molecule has 2 aromatic heterocycles. The monoisotopic (exact) mass is 535 g/mol. The quantitative estimate of drug-likeness (QED) is 0.406. The summed E-state index contributed by atoms with van der Waals surface area (Å²) in [5.74, 6) is 0.222. The molecule has 8 nitrogen and oxygen atoms in total. The van der Waals surface area contributed by atoms with E-state index in [9.17, 15) is 0 Å². The smallest absolute Gasteiger partial charge is 0.319 e. The summed E-state index contributed by atoms with van der Waals surface area (Å²) in [4.78, 5) is 14.0. The van der Waals surface area contributed by atoms with Crippen LogP contribution in [0.25, 0.3) is 32.9 Å². The van der Waals surface area contributed by atoms with E-state index in [-0.39, 0.29) is 11.5 Å². The number of likely N-dealkylation sites (N-methyl/N-ethyl adjacent to an activating group) is 1. The van der Waals surface area contributed by atoms with Crippen molar-refractivity contribution in [2.45, 2.75) is 43.8 Å². The van der Waals surface area contributed by atoms with Gasteiger partial charge in [-0.25, -0.2) is 4.39 Å². The van der Waals surface area contributed by atoms with E-state index in [4.69, 9.17) is 21.3 Å². The second-order valence-electron chi connectivity index (χ2n) is 10.9. The van der Waals surface area contributed by atoms with Crippen molar-refractivity contribution in [1.82, 2.24) is 30.0 Å². The number of hydrogen-bond donors (Lipinski definition) is 1. The van der Waals surface area contributed by atoms with Crippen LogP contribution in [0.2, 0.25) is 5.02 Å². The van der Waals surface area contributed by atoms with Crippen LogP contribution in [0, 0.1) is 5.82 Å². The molecule has 7 rings (SSSR count). The van der Waals surface area contributed by atoms with Crippen LogP contribution in [-0.4, -0.2) is 76.1 Å². The summed E-state index contributed by atoms with van der Waals surface area (Å²) in [6.45, 7) is 3.11. The highest BCUT2D eigenvalue weighted by Gasteiger charge is 2.35. The predicted molar refractivity (Wildman–Crippen MR) is 148 cm³/mol. The minimum Gasteiger partial charge on any atom is -0.462 e. The number of likely N-dealkylation sites (tertiary alicyclic amines) is 1. The Morgan fingerprint density at radius 2 is 1.92 bits per heavy atom. The molecular weight excluding hydrogens is 505 g/mol. The van der Waals surface area contributed by atoms with Gasteiger partial charge in [-0.15, -0.1) is 0 Å². The van der Waals surface area contributed by atoms with Gasteiger partial charge in [-0.05, 0) is 45.3 Å². The summed E-state index contributed by atoms with van der Waals surface area (Å²) in [6, 6.07) is 8.76. The highest BCUT2D eigenvalue weighted by molar-refractivity contribution is 6.37. The van der Waals surface area contributed by atoms with Gasteiger partial charge in [-0.2, -0.15) is 15.1 Å². The Morgan fingerprint density at radius 1 is 1.11 bits per heavy atom. The Balaban J connectivity index is 1.38. The second kappa shape index (κ2) is 9.32. The van der Waals surface area contributed by atoms with Crippen LogP contribution in [0.3, 0.4) is 0 Å². The molecule has 198 valence electrons. The minimum absolute atomic E-state index is 0.192. The normalized spacial score (nSPS) is 23.7. The first-order valence-corrected chi connectivity index (χ1v) is 13.8. The number of rotatable bonds is 5. The molecule has 2 unspecified atom stereocenters. The van der Waals surface area contributed by atoms with E-state index in [0.29, 0.717) is 46.5 Å². The molecule has 3 aliphatic rings. The minimum atomic E-state index is -0.428. The van der Waals surface area contributed by atoms with Crippen LogP contribution in [-0.2, 0) is 7.05 Å². The van der Waals surface area contributed by atoms with Gasteiger partial charge in [0.25, 0.3) is 0 Å². The van der Waals surface area contributed by atoms with Crippen molar-refractivity contribution in [2.24, 2.45) is 7.05 Å². The fourth-order valence-electron chi connectivity index (χ4n) is 6.47. The average molecular weight is 536 g/mol. The molecule has 2 bridgehead atoms. The number of aromatic nitrogens is 4. The maximum atomic E-state index is 16.5. The Hall–Kier alpha value is -3.01. The average Bonchev–Trinajstić information content (AvgIpc) is 3.62. The first-order chi connectivity index (χ1) is 18.5. The number of nitrogens with one attached hydrogen (secondary N) is 1. The standard InChI is InChI=1S/C28H31ClFN7O/c1-35-10-4-6-19(35)15-38-28-33-25-23(27(34-28)37-13-17-8-9-18(14-37)32-17)22(29)11-21(24(25)30)20-7-3-5-16-12-31-36(2)26(16)20/h3,5,7,11-12,17-19,32H,4,6,8-10,13-15H2,1-2H3/t17?,18?,19-/m0/s1. The Morgan fingerprint density at radius 3 is 2.68 bits per heavy atom. The molecule has 0 aliphatic carbocycles. The lowest BCUT2D eigenvalue weighted by Gasteiger charge is -2.34. The van der Waals surface area contributed by atoms with Gasteiger partial charge >= 0.3 is 6.01 Å². The first-order valence-electron chi connectivity index (χ1n) is 13.4. The van der Waals surface area contributed by atoms with Gasteiger partial charge < -0.3 is 19.9 Å². The van der Waals surface area contributed by atoms with Crippen molar-refractivity contribution in [3.05, 3.63) is 41.3 Å². The van der Waals surface area contributed by atoms with Crippen molar-refractivity contribution in [1.29, 1.82) is 0 Å². The molecule has 2 aromatic carbocycles. The number of halogens is 2. The van der Waals surface area contributed by atoms with Crippen LogP contribution in [0.5, 0.6) is 6.01 Å². The van der Waals surface area contributed by atoms with Gasteiger partial charge in [-0.1, -0.05) is 29.8 Å². The Bertz CT molecular complexity index is 1530. The lowest BCUT2D eigenvalue weighted by Crippen LogP contribution is -2.51. The molecule has 0 amide bonds. The van der Waals surface area contributed by atoms with Crippen molar-refractivity contribution >= 4 is 39.2 Å². The van der Waals surface area contributed by atoms with E-state index in [2.05, 4.69) is 32.2 Å². The first kappa shape index (κ1) is 24.1. The molecule has 0 saturated carbocycles. The summed E-state index contributed by atoms with van der Waals surface area (Å²) in [6.07, 6.45) is 6.25. The zero-order valence-corrected chi connectivity index (χ0v) is 22.4. The van der Waals surface area contributed by atoms with Crippen LogP contribution < -0.4 is 15.0 Å². The number of piperazine rings is 1. The van der Waals surface area contributed by atoms with Crippen LogP contribution >= 0.6 is 11.6 Å². The van der Waals surface area contributed by atoms with Gasteiger partial charge in [-0.3, -0.25) is 4.68 Å². The number of nitrogens with zero attached hydrogens (tertiary/aromatic N) is 6. The van der Waals surface area contributed by atoms with Crippen molar-refractivity contribution in [3.63, 3.8) is 0 Å². The van der Waals surface area contributed by atoms with Crippen molar-refractivity contribution < 1.29 is 9.13 Å². The second-order valence-corrected chi connectivity index (χ2v) is 11.3. The fraction of sp³-hybridized carbons (Fsp3) is 0.464. The maximum absolute atomic E-state index is 16.5. The zero-order chi connectivity index (χ0) is 26.0. The van der Waals surface area contributed by atoms with Crippen LogP contribution in [0.1, 0.15) is 25.7 Å². The summed E-state index contributed by atoms with van der Waals surface area (Å²) in [5, 5.41) is 9.94. The molecule has 4 aromatic rings. The Kier molecular flexibility index (Phi) is 5.90. The van der Waals surface area contributed by atoms with E-state index in [0.717, 1.165) is 61.8 Å². The highest BCUT2D eigenvalue weighted by Crippen LogP contribution is 2.41. The summed E-state index contributed by atoms with van der Waals surface area (Å²) < 4.78 is 24.4. The summed E-state index contributed by atoms with van der Waals surface area (Å²) in [7, 11) is 3.96. The van der Waals surface area contributed by atoms with E-state index in [1.165, 1.54) is 0 Å². The molecule has 0 spiro atoms. The van der Waals surface area contributed by atoms with Gasteiger partial charge in [0.05, 0.1) is 22.1 Å². The van der Waals surface area contributed by atoms with Crippen molar-refractivity contribution in [2.75, 3.05) is 38.2 Å². The predicted octanol–water partition coefficient (Wildman–Crippen LogP) is 4.39. The van der Waals surface area contributed by atoms with E-state index < -0.39 is 5.82 Å². The summed E-state index contributed by atoms with van der Waals surface area (Å²) >= 11 is 6.96. The van der Waals surface area contributed by atoms with Gasteiger partial charge in [0.1, 0.15) is 17.9 Å². The molecule has 10 heteroatoms. The number of ether oxygens (including phenoxy) is 1. The van der Waals surface area contributed by atoms with Crippen LogP contribution in [0.15, 0.2) is 30.5 Å². The number of aryl methyl sites for hydroxylation is 1. The lowest BCUT2D eigenvalue weighted by atomic mass is 10.00. The molecule has 3 atom stereocenters. The zero-order valence-electron chi connectivity index (χ0n) is 21.6. The molecule has 3 aliphatic heterocycles. The molecule has 38 heavy (non-hydrogen) atoms. The SMILES string of the molecule is CN1CCC[C@H]1COc1nc(N2CC3CCC(C2)N3)c2c(Cl)cc(-c3cccc4cnn(C)c34)c(F)c2n1. The number of benzene rings is 2. The van der Waals surface area contributed by atoms with Gasteiger partial charge in [0.2, 0.25) is 0 Å². The van der Waals surface area contributed by atoms with E-state index in [1.54, 1.807) is 16.9 Å². The Labute approximate surface area is 225 Å². The number of hydrogen-bond acceptors (Lipinski definition) is 7.